The molecule has 0 radical (unpaired) electrons. The highest BCUT2D eigenvalue weighted by atomic mass is 15.3. The van der Waals surface area contributed by atoms with Crippen molar-refractivity contribution in [3.63, 3.8) is 0 Å². The zero-order valence-corrected chi connectivity index (χ0v) is 10.2. The highest BCUT2D eigenvalue weighted by Crippen LogP contribution is 2.16. The van der Waals surface area contributed by atoms with E-state index in [2.05, 4.69) is 32.5 Å². The van der Waals surface area contributed by atoms with Gasteiger partial charge in [0, 0.05) is 19.3 Å². The van der Waals surface area contributed by atoms with Crippen molar-refractivity contribution in [2.75, 3.05) is 36.9 Å². The van der Waals surface area contributed by atoms with Crippen molar-refractivity contribution in [1.82, 2.24) is 14.9 Å². The fourth-order valence-corrected chi connectivity index (χ4v) is 2.14. The first-order valence-electron chi connectivity index (χ1n) is 6.07. The monoisotopic (exact) mass is 236 g/mol. The van der Waals surface area contributed by atoms with Gasteiger partial charge in [-0.25, -0.2) is 10.8 Å². The molecule has 94 valence electrons. The van der Waals surface area contributed by atoms with Gasteiger partial charge in [0.05, 0.1) is 0 Å². The average Bonchev–Trinajstić information content (AvgIpc) is 2.84. The molecule has 1 aliphatic heterocycles. The number of nitrogens with zero attached hydrogens (tertiary/aromatic N) is 3. The second kappa shape index (κ2) is 5.79. The van der Waals surface area contributed by atoms with Gasteiger partial charge in [-0.3, -0.25) is 5.43 Å². The van der Waals surface area contributed by atoms with Gasteiger partial charge in [0.15, 0.2) is 0 Å². The Kier molecular flexibility index (Phi) is 4.11. The number of hydrogen-bond donors (Lipinski definition) is 3. The van der Waals surface area contributed by atoms with E-state index in [1.165, 1.54) is 19.5 Å². The molecular formula is C11H20N6. The third-order valence-electron chi connectivity index (χ3n) is 3.17. The van der Waals surface area contributed by atoms with Gasteiger partial charge in [-0.2, -0.15) is 4.98 Å². The molecule has 6 heteroatoms. The molecule has 1 aliphatic rings. The maximum absolute atomic E-state index is 5.26. The van der Waals surface area contributed by atoms with Crippen molar-refractivity contribution >= 4 is 11.8 Å². The van der Waals surface area contributed by atoms with Crippen molar-refractivity contribution < 1.29 is 0 Å². The molecule has 17 heavy (non-hydrogen) atoms. The van der Waals surface area contributed by atoms with Crippen LogP contribution in [0.3, 0.4) is 0 Å². The van der Waals surface area contributed by atoms with E-state index in [0.29, 0.717) is 11.9 Å². The fourth-order valence-electron chi connectivity index (χ4n) is 2.14. The van der Waals surface area contributed by atoms with Gasteiger partial charge in [-0.05, 0) is 31.5 Å². The third-order valence-corrected chi connectivity index (χ3v) is 3.17. The van der Waals surface area contributed by atoms with E-state index < -0.39 is 0 Å². The van der Waals surface area contributed by atoms with E-state index in [9.17, 15) is 0 Å². The molecule has 0 aromatic carbocycles. The summed E-state index contributed by atoms with van der Waals surface area (Å²) in [6.07, 6.45) is 2.95. The Balaban J connectivity index is 1.81. The van der Waals surface area contributed by atoms with Crippen LogP contribution >= 0.6 is 0 Å². The summed E-state index contributed by atoms with van der Waals surface area (Å²) in [6, 6.07) is 1.85. The molecule has 0 bridgehead atoms. The van der Waals surface area contributed by atoms with Crippen LogP contribution in [0.1, 0.15) is 13.3 Å². The van der Waals surface area contributed by atoms with Gasteiger partial charge in [0.1, 0.15) is 5.82 Å². The quantitative estimate of drug-likeness (QED) is 0.511. The third kappa shape index (κ3) is 3.28. The lowest BCUT2D eigenvalue weighted by molar-refractivity contribution is 0.345. The molecule has 1 fully saturated rings. The maximum atomic E-state index is 5.26. The number of nitrogens with two attached hydrogens (primary N) is 1. The molecule has 0 aliphatic carbocycles. The molecule has 0 saturated carbocycles. The number of hydrogen-bond acceptors (Lipinski definition) is 6. The summed E-state index contributed by atoms with van der Waals surface area (Å²) in [5, 5.41) is 3.33. The lowest BCUT2D eigenvalue weighted by atomic mass is 10.1. The van der Waals surface area contributed by atoms with Crippen molar-refractivity contribution in [2.24, 2.45) is 11.8 Å². The van der Waals surface area contributed by atoms with Crippen LogP contribution in [0.15, 0.2) is 12.3 Å². The Morgan fingerprint density at radius 1 is 1.59 bits per heavy atom. The number of nitrogens with one attached hydrogen (secondary N) is 2. The lowest BCUT2D eigenvalue weighted by Crippen LogP contribution is -2.22. The Morgan fingerprint density at radius 2 is 2.47 bits per heavy atom. The van der Waals surface area contributed by atoms with E-state index in [1.54, 1.807) is 6.20 Å². The predicted octanol–water partition coefficient (Wildman–Crippen LogP) is 0.516. The second-order valence-corrected chi connectivity index (χ2v) is 4.34. The van der Waals surface area contributed by atoms with Crippen molar-refractivity contribution in [3.05, 3.63) is 12.3 Å². The average molecular weight is 236 g/mol. The van der Waals surface area contributed by atoms with E-state index in [0.717, 1.165) is 18.9 Å². The van der Waals surface area contributed by atoms with Gasteiger partial charge in [0.2, 0.25) is 5.95 Å². The minimum absolute atomic E-state index is 0.441. The van der Waals surface area contributed by atoms with Gasteiger partial charge in [-0.15, -0.1) is 0 Å². The van der Waals surface area contributed by atoms with Crippen LogP contribution in [0.25, 0.3) is 0 Å². The summed E-state index contributed by atoms with van der Waals surface area (Å²) in [6.45, 7) is 6.70. The molecule has 2 heterocycles. The summed E-state index contributed by atoms with van der Waals surface area (Å²) < 4.78 is 0. The number of hydrazine groups is 1. The van der Waals surface area contributed by atoms with Crippen LogP contribution < -0.4 is 16.6 Å². The predicted molar refractivity (Wildman–Crippen MR) is 68.6 cm³/mol. The Morgan fingerprint density at radius 3 is 3.18 bits per heavy atom. The topological polar surface area (TPSA) is 79.1 Å². The summed E-state index contributed by atoms with van der Waals surface area (Å²) in [4.78, 5) is 10.7. The molecule has 1 aromatic heterocycles. The van der Waals surface area contributed by atoms with E-state index in [4.69, 9.17) is 5.84 Å². The maximum Gasteiger partial charge on any atom is 0.239 e. The molecule has 4 N–H and O–H groups in total. The molecule has 1 saturated heterocycles. The highest BCUT2D eigenvalue weighted by Gasteiger charge is 2.20. The van der Waals surface area contributed by atoms with Gasteiger partial charge >= 0.3 is 0 Å². The van der Waals surface area contributed by atoms with Crippen LogP contribution in [0.2, 0.25) is 0 Å². The summed E-state index contributed by atoms with van der Waals surface area (Å²) in [5.41, 5.74) is 2.44. The zero-order valence-electron chi connectivity index (χ0n) is 10.2. The van der Waals surface area contributed by atoms with E-state index in [-0.39, 0.29) is 0 Å². The molecule has 1 unspecified atom stereocenters. The first kappa shape index (κ1) is 12.1. The number of likely N-dealkylation sites (tertiary alicyclic amines) is 1. The van der Waals surface area contributed by atoms with Crippen LogP contribution in [0.5, 0.6) is 0 Å². The van der Waals surface area contributed by atoms with E-state index in [1.807, 2.05) is 6.07 Å². The molecule has 0 amide bonds. The minimum Gasteiger partial charge on any atom is -0.370 e. The Labute approximate surface area is 102 Å². The summed E-state index contributed by atoms with van der Waals surface area (Å²) in [5.74, 6) is 7.23. The lowest BCUT2D eigenvalue weighted by Gasteiger charge is -2.14. The number of aromatic nitrogens is 2. The SMILES string of the molecule is CCN1CCC(CNc2ccnc(NN)n2)C1. The fraction of sp³-hybridized carbons (Fsp3) is 0.636. The second-order valence-electron chi connectivity index (χ2n) is 4.34. The van der Waals surface area contributed by atoms with Crippen LogP contribution in [-0.2, 0) is 0 Å². The molecule has 1 aromatic rings. The van der Waals surface area contributed by atoms with Gasteiger partial charge < -0.3 is 10.2 Å². The normalized spacial score (nSPS) is 20.5. The number of rotatable bonds is 5. The van der Waals surface area contributed by atoms with Crippen LogP contribution in [-0.4, -0.2) is 41.0 Å². The van der Waals surface area contributed by atoms with Gasteiger partial charge in [0.25, 0.3) is 0 Å². The standard InChI is InChI=1S/C11H20N6/c1-2-17-6-4-9(8-17)7-14-10-3-5-13-11(15-10)16-12/h3,5,9H,2,4,6-8,12H2,1H3,(H2,13,14,15,16). The Hall–Kier alpha value is -1.40. The van der Waals surface area contributed by atoms with E-state index >= 15 is 0 Å². The van der Waals surface area contributed by atoms with Crippen molar-refractivity contribution in [3.8, 4) is 0 Å². The molecule has 0 spiro atoms. The Bertz CT molecular complexity index is 356. The molecule has 1 atom stereocenters. The van der Waals surface area contributed by atoms with Crippen LogP contribution in [0.4, 0.5) is 11.8 Å². The van der Waals surface area contributed by atoms with Crippen LogP contribution in [0, 0.1) is 5.92 Å². The zero-order chi connectivity index (χ0) is 12.1. The number of nitrogen functional groups attached to an aromatic ring is 1. The summed E-state index contributed by atoms with van der Waals surface area (Å²) in [7, 11) is 0. The molecular weight excluding hydrogens is 216 g/mol. The summed E-state index contributed by atoms with van der Waals surface area (Å²) >= 11 is 0. The first-order chi connectivity index (χ1) is 8.31. The van der Waals surface area contributed by atoms with Gasteiger partial charge in [-0.1, -0.05) is 6.92 Å². The largest absolute Gasteiger partial charge is 0.370 e. The number of anilines is 2. The molecule has 2 rings (SSSR count). The minimum atomic E-state index is 0.441. The molecule has 6 nitrogen and oxygen atoms in total. The van der Waals surface area contributed by atoms with Crippen molar-refractivity contribution in [1.29, 1.82) is 0 Å². The van der Waals surface area contributed by atoms with Crippen molar-refractivity contribution in [2.45, 2.75) is 13.3 Å². The smallest absolute Gasteiger partial charge is 0.239 e. The highest BCUT2D eigenvalue weighted by molar-refractivity contribution is 5.38. The first-order valence-corrected chi connectivity index (χ1v) is 6.07.